The van der Waals surface area contributed by atoms with E-state index in [2.05, 4.69) is 24.2 Å². The van der Waals surface area contributed by atoms with E-state index < -0.39 is 0 Å². The Bertz CT molecular complexity index is 311. The molecule has 0 radical (unpaired) electrons. The summed E-state index contributed by atoms with van der Waals surface area (Å²) in [7, 11) is 2.38. The van der Waals surface area contributed by atoms with Gasteiger partial charge in [-0.25, -0.2) is 0 Å². The first kappa shape index (κ1) is 15.8. The lowest BCUT2D eigenvalue weighted by Gasteiger charge is -2.32. The van der Waals surface area contributed by atoms with Gasteiger partial charge in [-0.3, -0.25) is 0 Å². The molecule has 122 valence electrons. The van der Waals surface area contributed by atoms with E-state index >= 15 is 0 Å². The number of fused-ring (bicyclic) bond motifs is 2. The molecular formula is C19H36N2. The Hall–Kier alpha value is -0.0800. The Labute approximate surface area is 132 Å². The summed E-state index contributed by atoms with van der Waals surface area (Å²) in [5, 5.41) is 3.86. The molecule has 21 heavy (non-hydrogen) atoms. The monoisotopic (exact) mass is 292 g/mol. The maximum Gasteiger partial charge on any atom is 0.0223 e. The van der Waals surface area contributed by atoms with Crippen LogP contribution in [0.4, 0.5) is 0 Å². The van der Waals surface area contributed by atoms with E-state index in [4.69, 9.17) is 0 Å². The topological polar surface area (TPSA) is 15.3 Å². The van der Waals surface area contributed by atoms with Crippen LogP contribution in [-0.2, 0) is 0 Å². The molecule has 3 aliphatic rings. The molecular weight excluding hydrogens is 256 g/mol. The van der Waals surface area contributed by atoms with E-state index in [1.807, 2.05) is 0 Å². The Morgan fingerprint density at radius 2 is 1.90 bits per heavy atom. The zero-order valence-electron chi connectivity index (χ0n) is 14.3. The number of hydrogen-bond acceptors (Lipinski definition) is 2. The number of likely N-dealkylation sites (N-methyl/N-ethyl adjacent to an activating group) is 1. The molecule has 0 spiro atoms. The van der Waals surface area contributed by atoms with Crippen LogP contribution in [0.1, 0.15) is 64.7 Å². The predicted molar refractivity (Wildman–Crippen MR) is 90.5 cm³/mol. The summed E-state index contributed by atoms with van der Waals surface area (Å²) in [6.07, 6.45) is 13.3. The molecule has 3 aliphatic carbocycles. The van der Waals surface area contributed by atoms with Crippen molar-refractivity contribution in [3.63, 3.8) is 0 Å². The van der Waals surface area contributed by atoms with Crippen LogP contribution in [0, 0.1) is 23.7 Å². The van der Waals surface area contributed by atoms with E-state index in [0.717, 1.165) is 29.7 Å². The molecule has 2 heteroatoms. The van der Waals surface area contributed by atoms with Crippen molar-refractivity contribution >= 4 is 0 Å². The minimum Gasteiger partial charge on any atom is -0.312 e. The lowest BCUT2D eigenvalue weighted by atomic mass is 9.88. The highest BCUT2D eigenvalue weighted by Crippen LogP contribution is 2.48. The summed E-state index contributed by atoms with van der Waals surface area (Å²) in [6, 6.07) is 0.746. The van der Waals surface area contributed by atoms with Crippen molar-refractivity contribution in [1.82, 2.24) is 10.2 Å². The summed E-state index contributed by atoms with van der Waals surface area (Å²) in [5.74, 6) is 4.13. The molecule has 4 atom stereocenters. The lowest BCUT2D eigenvalue weighted by molar-refractivity contribution is 0.185. The fourth-order valence-electron chi connectivity index (χ4n) is 5.48. The molecule has 4 unspecified atom stereocenters. The average molecular weight is 293 g/mol. The van der Waals surface area contributed by atoms with Gasteiger partial charge in [0.15, 0.2) is 0 Å². The third-order valence-corrected chi connectivity index (χ3v) is 6.56. The van der Waals surface area contributed by atoms with Crippen molar-refractivity contribution in [3.05, 3.63) is 0 Å². The van der Waals surface area contributed by atoms with Gasteiger partial charge >= 0.3 is 0 Å². The number of rotatable bonds is 8. The predicted octanol–water partition coefficient (Wildman–Crippen LogP) is 3.91. The van der Waals surface area contributed by atoms with Gasteiger partial charge < -0.3 is 10.2 Å². The van der Waals surface area contributed by atoms with Crippen LogP contribution in [0.5, 0.6) is 0 Å². The second-order valence-corrected chi connectivity index (χ2v) is 8.26. The van der Waals surface area contributed by atoms with Crippen molar-refractivity contribution in [2.24, 2.45) is 23.7 Å². The van der Waals surface area contributed by atoms with Crippen LogP contribution in [0.15, 0.2) is 0 Å². The Morgan fingerprint density at radius 3 is 2.52 bits per heavy atom. The summed E-state index contributed by atoms with van der Waals surface area (Å²) >= 11 is 0. The summed E-state index contributed by atoms with van der Waals surface area (Å²) in [4.78, 5) is 2.66. The molecule has 0 aliphatic heterocycles. The van der Waals surface area contributed by atoms with Gasteiger partial charge in [0.1, 0.15) is 0 Å². The van der Waals surface area contributed by atoms with E-state index in [1.54, 1.807) is 6.42 Å². The minimum absolute atomic E-state index is 0.746. The van der Waals surface area contributed by atoms with Crippen LogP contribution in [0.25, 0.3) is 0 Å². The molecule has 0 saturated heterocycles. The smallest absolute Gasteiger partial charge is 0.0223 e. The first-order valence-corrected chi connectivity index (χ1v) is 9.68. The van der Waals surface area contributed by atoms with E-state index in [-0.39, 0.29) is 0 Å². The molecule has 0 aromatic heterocycles. The molecule has 0 amide bonds. The minimum atomic E-state index is 0.746. The third kappa shape index (κ3) is 4.01. The van der Waals surface area contributed by atoms with Crippen LogP contribution >= 0.6 is 0 Å². The van der Waals surface area contributed by atoms with Crippen molar-refractivity contribution in [2.45, 2.75) is 70.8 Å². The van der Waals surface area contributed by atoms with E-state index in [1.165, 1.54) is 71.0 Å². The average Bonchev–Trinajstić information content (AvgIpc) is 3.19. The second kappa shape index (κ2) is 7.46. The second-order valence-electron chi connectivity index (χ2n) is 8.26. The zero-order chi connectivity index (χ0) is 14.7. The van der Waals surface area contributed by atoms with Crippen LogP contribution in [-0.4, -0.2) is 37.6 Å². The Balaban J connectivity index is 1.47. The molecule has 3 saturated carbocycles. The summed E-state index contributed by atoms with van der Waals surface area (Å²) in [5.41, 5.74) is 0. The molecule has 3 rings (SSSR count). The number of nitrogens with one attached hydrogen (secondary N) is 1. The SMILES string of the molecule is CCCNC(CN(C)CC1CC2CCC1C2)C1CCCC1. The Morgan fingerprint density at radius 1 is 1.10 bits per heavy atom. The molecule has 2 nitrogen and oxygen atoms in total. The van der Waals surface area contributed by atoms with Gasteiger partial charge in [-0.05, 0) is 75.8 Å². The van der Waals surface area contributed by atoms with Crippen LogP contribution < -0.4 is 5.32 Å². The van der Waals surface area contributed by atoms with Crippen molar-refractivity contribution < 1.29 is 0 Å². The standard InChI is InChI=1S/C19H36N2/c1-3-10-20-19(16-6-4-5-7-16)14-21(2)13-18-12-15-8-9-17(18)11-15/h15-20H,3-14H2,1-2H3. The van der Waals surface area contributed by atoms with Gasteiger partial charge in [-0.15, -0.1) is 0 Å². The molecule has 2 bridgehead atoms. The van der Waals surface area contributed by atoms with Gasteiger partial charge in [0, 0.05) is 19.1 Å². The van der Waals surface area contributed by atoms with Gasteiger partial charge in [0.05, 0.1) is 0 Å². The maximum absolute atomic E-state index is 3.86. The summed E-state index contributed by atoms with van der Waals surface area (Å²) < 4.78 is 0. The largest absolute Gasteiger partial charge is 0.312 e. The maximum atomic E-state index is 3.86. The van der Waals surface area contributed by atoms with Crippen LogP contribution in [0.2, 0.25) is 0 Å². The molecule has 1 N–H and O–H groups in total. The van der Waals surface area contributed by atoms with Crippen molar-refractivity contribution in [2.75, 3.05) is 26.7 Å². The van der Waals surface area contributed by atoms with Gasteiger partial charge in [-0.2, -0.15) is 0 Å². The zero-order valence-corrected chi connectivity index (χ0v) is 14.3. The first-order valence-electron chi connectivity index (χ1n) is 9.68. The van der Waals surface area contributed by atoms with Crippen molar-refractivity contribution in [3.8, 4) is 0 Å². The molecule has 0 aromatic carbocycles. The summed E-state index contributed by atoms with van der Waals surface area (Å²) in [6.45, 7) is 6.12. The fraction of sp³-hybridized carbons (Fsp3) is 1.00. The molecule has 0 heterocycles. The van der Waals surface area contributed by atoms with E-state index in [0.29, 0.717) is 0 Å². The fourth-order valence-corrected chi connectivity index (χ4v) is 5.48. The highest BCUT2D eigenvalue weighted by molar-refractivity contribution is 4.91. The normalized spacial score (nSPS) is 34.1. The third-order valence-electron chi connectivity index (χ3n) is 6.56. The number of hydrogen-bond donors (Lipinski definition) is 1. The Kier molecular flexibility index (Phi) is 5.61. The highest BCUT2D eigenvalue weighted by atomic mass is 15.1. The lowest BCUT2D eigenvalue weighted by Crippen LogP contribution is -2.45. The van der Waals surface area contributed by atoms with Gasteiger partial charge in [0.2, 0.25) is 0 Å². The van der Waals surface area contributed by atoms with E-state index in [9.17, 15) is 0 Å². The number of nitrogens with zero attached hydrogens (tertiary/aromatic N) is 1. The first-order chi connectivity index (χ1) is 10.3. The van der Waals surface area contributed by atoms with Gasteiger partial charge in [-0.1, -0.05) is 26.2 Å². The molecule has 3 fully saturated rings. The molecule has 0 aromatic rings. The highest BCUT2D eigenvalue weighted by Gasteiger charge is 2.39. The van der Waals surface area contributed by atoms with Gasteiger partial charge in [0.25, 0.3) is 0 Å². The van der Waals surface area contributed by atoms with Crippen molar-refractivity contribution in [1.29, 1.82) is 0 Å². The van der Waals surface area contributed by atoms with Crippen LogP contribution in [0.3, 0.4) is 0 Å². The quantitative estimate of drug-likeness (QED) is 0.729.